The van der Waals surface area contributed by atoms with Crippen molar-refractivity contribution in [3.63, 3.8) is 0 Å². The first-order valence-electron chi connectivity index (χ1n) is 9.05. The second-order valence-electron chi connectivity index (χ2n) is 8.62. The maximum Gasteiger partial charge on any atom is 0.306 e. The van der Waals surface area contributed by atoms with Gasteiger partial charge in [-0.05, 0) is 49.3 Å². The Morgan fingerprint density at radius 2 is 1.65 bits per heavy atom. The molecule has 26 heavy (non-hydrogen) atoms. The molecule has 0 aliphatic rings. The quantitative estimate of drug-likeness (QED) is 0.630. The summed E-state index contributed by atoms with van der Waals surface area (Å²) in [4.78, 5) is 14.6. The zero-order chi connectivity index (χ0) is 20.1. The molecule has 1 aromatic rings. The highest BCUT2D eigenvalue weighted by molar-refractivity contribution is 7.86. The first-order valence-corrected chi connectivity index (χ1v) is 10.9. The smallest absolute Gasteiger partial charge is 0.306 e. The van der Waals surface area contributed by atoms with Crippen molar-refractivity contribution in [2.24, 2.45) is 11.3 Å². The molecule has 0 fully saturated rings. The summed E-state index contributed by atoms with van der Waals surface area (Å²) in [5.74, 6) is 0.750. The van der Waals surface area contributed by atoms with Crippen LogP contribution in [-0.4, -0.2) is 31.5 Å². The number of benzene rings is 1. The molecule has 0 bridgehead atoms. The topological polar surface area (TPSA) is 63.7 Å². The third-order valence-corrected chi connectivity index (χ3v) is 4.45. The van der Waals surface area contributed by atoms with Crippen LogP contribution in [0.2, 0.25) is 0 Å². The number of nitrogens with zero attached hydrogens (tertiary/aromatic N) is 1. The molecule has 1 atom stereocenters. The zero-order valence-electron chi connectivity index (χ0n) is 17.1. The molecule has 0 saturated heterocycles. The summed E-state index contributed by atoms with van der Waals surface area (Å²) in [6, 6.07) is 6.91. The van der Waals surface area contributed by atoms with E-state index in [-0.39, 0.29) is 23.1 Å². The molecule has 0 aliphatic carbocycles. The Hall–Kier alpha value is -1.56. The summed E-state index contributed by atoms with van der Waals surface area (Å²) in [7, 11) is -3.53. The average Bonchev–Trinajstić information content (AvgIpc) is 2.42. The van der Waals surface area contributed by atoms with E-state index >= 15 is 0 Å². The first-order chi connectivity index (χ1) is 11.8. The normalized spacial score (nSPS) is 13.5. The van der Waals surface area contributed by atoms with Gasteiger partial charge < -0.3 is 9.08 Å². The molecule has 0 heterocycles. The van der Waals surface area contributed by atoms with Crippen molar-refractivity contribution in [3.8, 4) is 5.75 Å². The molecule has 5 nitrogen and oxygen atoms in total. The van der Waals surface area contributed by atoms with E-state index in [2.05, 4.69) is 27.7 Å². The third-order valence-electron chi connectivity index (χ3n) is 3.95. The van der Waals surface area contributed by atoms with Crippen molar-refractivity contribution in [1.82, 2.24) is 4.90 Å². The molecule has 0 radical (unpaired) electrons. The Balaban J connectivity index is 2.77. The van der Waals surface area contributed by atoms with E-state index < -0.39 is 10.1 Å². The number of carbonyl (C=O) groups is 1. The van der Waals surface area contributed by atoms with Gasteiger partial charge in [0, 0.05) is 19.0 Å². The van der Waals surface area contributed by atoms with Crippen molar-refractivity contribution in [3.05, 3.63) is 29.8 Å². The van der Waals surface area contributed by atoms with Crippen molar-refractivity contribution >= 4 is 16.0 Å². The molecule has 0 saturated carbocycles. The van der Waals surface area contributed by atoms with Crippen LogP contribution in [0.25, 0.3) is 0 Å². The molecule has 0 aromatic heterocycles. The Kier molecular flexibility index (Phi) is 7.69. The van der Waals surface area contributed by atoms with E-state index in [0.29, 0.717) is 18.9 Å². The fourth-order valence-electron chi connectivity index (χ4n) is 3.11. The predicted molar refractivity (Wildman–Crippen MR) is 105 cm³/mol. The average molecular weight is 384 g/mol. The number of hydrogen-bond donors (Lipinski definition) is 0. The number of rotatable bonds is 8. The third kappa shape index (κ3) is 8.70. The molecule has 0 N–H and O–H groups in total. The minimum Gasteiger partial charge on any atom is -0.383 e. The molecule has 1 unspecified atom stereocenters. The Labute approximate surface area is 158 Å². The number of amides is 1. The monoisotopic (exact) mass is 383 g/mol. The molecule has 1 amide bonds. The lowest BCUT2D eigenvalue weighted by Gasteiger charge is -2.30. The minimum absolute atomic E-state index is 0.0938. The molecule has 1 aromatic carbocycles. The minimum atomic E-state index is -3.53. The van der Waals surface area contributed by atoms with Crippen LogP contribution in [0.5, 0.6) is 5.75 Å². The van der Waals surface area contributed by atoms with Crippen LogP contribution < -0.4 is 4.18 Å². The standard InChI is InChI=1S/C20H33NO4S/c1-15(2)21(19(22)12-16(3)13-20(4,5)6)14-17-8-10-18(11-9-17)25-26(7,23)24/h8-11,15-16H,12-14H2,1-7H3. The fourth-order valence-corrected chi connectivity index (χ4v) is 3.57. The van der Waals surface area contributed by atoms with Gasteiger partial charge in [0.1, 0.15) is 5.75 Å². The van der Waals surface area contributed by atoms with Crippen LogP contribution in [0, 0.1) is 11.3 Å². The van der Waals surface area contributed by atoms with E-state index in [1.165, 1.54) is 0 Å². The molecule has 0 aliphatic heterocycles. The highest BCUT2D eigenvalue weighted by Crippen LogP contribution is 2.27. The van der Waals surface area contributed by atoms with Gasteiger partial charge in [-0.1, -0.05) is 39.8 Å². The fraction of sp³-hybridized carbons (Fsp3) is 0.650. The van der Waals surface area contributed by atoms with Gasteiger partial charge in [-0.3, -0.25) is 4.79 Å². The Morgan fingerprint density at radius 1 is 1.12 bits per heavy atom. The lowest BCUT2D eigenvalue weighted by Crippen LogP contribution is -2.37. The lowest BCUT2D eigenvalue weighted by atomic mass is 9.84. The molecular formula is C20H33NO4S. The van der Waals surface area contributed by atoms with Crippen molar-refractivity contribution in [2.45, 2.75) is 67.0 Å². The van der Waals surface area contributed by atoms with Gasteiger partial charge in [0.2, 0.25) is 5.91 Å². The maximum absolute atomic E-state index is 12.8. The summed E-state index contributed by atoms with van der Waals surface area (Å²) >= 11 is 0. The van der Waals surface area contributed by atoms with Gasteiger partial charge in [0.05, 0.1) is 6.26 Å². The summed E-state index contributed by atoms with van der Waals surface area (Å²) in [5, 5.41) is 0. The van der Waals surface area contributed by atoms with Crippen LogP contribution in [0.15, 0.2) is 24.3 Å². The molecule has 1 rings (SSSR count). The molecule has 148 valence electrons. The Bertz CT molecular complexity index is 688. The van der Waals surface area contributed by atoms with Crippen molar-refractivity contribution in [1.29, 1.82) is 0 Å². The largest absolute Gasteiger partial charge is 0.383 e. The van der Waals surface area contributed by atoms with Gasteiger partial charge >= 0.3 is 10.1 Å². The van der Waals surface area contributed by atoms with Crippen LogP contribution in [0.3, 0.4) is 0 Å². The van der Waals surface area contributed by atoms with Gasteiger partial charge in [0.15, 0.2) is 0 Å². The summed E-state index contributed by atoms with van der Waals surface area (Å²) in [6.07, 6.45) is 2.55. The van der Waals surface area contributed by atoms with Gasteiger partial charge in [-0.25, -0.2) is 0 Å². The SMILES string of the molecule is CC(CC(=O)N(Cc1ccc(OS(C)(=O)=O)cc1)C(C)C)CC(C)(C)C. The zero-order valence-corrected chi connectivity index (χ0v) is 17.9. The summed E-state index contributed by atoms with van der Waals surface area (Å²) in [5.41, 5.74) is 1.15. The van der Waals surface area contributed by atoms with Gasteiger partial charge in [-0.15, -0.1) is 0 Å². The van der Waals surface area contributed by atoms with Gasteiger partial charge in [-0.2, -0.15) is 8.42 Å². The van der Waals surface area contributed by atoms with Crippen LogP contribution >= 0.6 is 0 Å². The second-order valence-corrected chi connectivity index (χ2v) is 10.2. The highest BCUT2D eigenvalue weighted by Gasteiger charge is 2.22. The number of carbonyl (C=O) groups excluding carboxylic acids is 1. The van der Waals surface area contributed by atoms with Crippen LogP contribution in [0.1, 0.15) is 59.9 Å². The van der Waals surface area contributed by atoms with E-state index in [4.69, 9.17) is 4.18 Å². The predicted octanol–water partition coefficient (Wildman–Crippen LogP) is 4.22. The van der Waals surface area contributed by atoms with Crippen molar-refractivity contribution in [2.75, 3.05) is 6.26 Å². The Morgan fingerprint density at radius 3 is 2.08 bits per heavy atom. The maximum atomic E-state index is 12.8. The van der Waals surface area contributed by atoms with Crippen LogP contribution in [0.4, 0.5) is 0 Å². The molecule has 6 heteroatoms. The molecular weight excluding hydrogens is 350 g/mol. The van der Waals surface area contributed by atoms with E-state index in [1.54, 1.807) is 24.3 Å². The van der Waals surface area contributed by atoms with E-state index in [1.807, 2.05) is 18.7 Å². The first kappa shape index (κ1) is 22.5. The van der Waals surface area contributed by atoms with Crippen molar-refractivity contribution < 1.29 is 17.4 Å². The number of hydrogen-bond acceptors (Lipinski definition) is 4. The van der Waals surface area contributed by atoms with E-state index in [9.17, 15) is 13.2 Å². The van der Waals surface area contributed by atoms with Gasteiger partial charge in [0.25, 0.3) is 0 Å². The lowest BCUT2D eigenvalue weighted by molar-refractivity contribution is -0.134. The second kappa shape index (κ2) is 8.89. The summed E-state index contributed by atoms with van der Waals surface area (Å²) in [6.45, 7) is 13.2. The van der Waals surface area contributed by atoms with E-state index in [0.717, 1.165) is 18.2 Å². The molecule has 0 spiro atoms. The van der Waals surface area contributed by atoms with Crippen LogP contribution in [-0.2, 0) is 21.5 Å². The summed E-state index contributed by atoms with van der Waals surface area (Å²) < 4.78 is 27.2. The highest BCUT2D eigenvalue weighted by atomic mass is 32.2.